The van der Waals surface area contributed by atoms with Crippen LogP contribution in [-0.4, -0.2) is 20.9 Å². The Kier molecular flexibility index (Phi) is 7.18. The molecule has 0 unspecified atom stereocenters. The zero-order chi connectivity index (χ0) is 21.6. The van der Waals surface area contributed by atoms with Gasteiger partial charge in [-0.1, -0.05) is 55.1 Å². The van der Waals surface area contributed by atoms with Gasteiger partial charge in [0.15, 0.2) is 0 Å². The van der Waals surface area contributed by atoms with E-state index in [-0.39, 0.29) is 10.8 Å². The van der Waals surface area contributed by atoms with Crippen LogP contribution in [0, 0.1) is 6.92 Å². The second-order valence-corrected chi connectivity index (χ2v) is 9.55. The first-order chi connectivity index (χ1) is 14.4. The maximum atomic E-state index is 13.1. The maximum absolute atomic E-state index is 13.1. The number of carbonyl (C=O) groups excluding carboxylic acids is 1. The molecule has 0 heterocycles. The minimum absolute atomic E-state index is 0.0502. The van der Waals surface area contributed by atoms with Crippen LogP contribution >= 0.6 is 11.8 Å². The lowest BCUT2D eigenvalue weighted by Gasteiger charge is -2.14. The minimum atomic E-state index is -3.86. The highest BCUT2D eigenvalue weighted by atomic mass is 32.2. The van der Waals surface area contributed by atoms with Crippen molar-refractivity contribution in [2.75, 3.05) is 11.3 Å². The summed E-state index contributed by atoms with van der Waals surface area (Å²) in [5.41, 5.74) is 1.57. The number of hydrogen-bond donors (Lipinski definition) is 2. The molecule has 3 aromatic carbocycles. The number of rotatable bonds is 8. The third-order valence-electron chi connectivity index (χ3n) is 4.40. The molecule has 3 rings (SSSR count). The molecule has 156 valence electrons. The molecule has 3 aromatic rings. The highest BCUT2D eigenvalue weighted by Crippen LogP contribution is 2.34. The SMILES string of the molecule is CCCNC(=O)c1cc(S(=O)(=O)Nc2ccccc2Sc2ccccc2)ccc1C. The summed E-state index contributed by atoms with van der Waals surface area (Å²) in [5, 5.41) is 2.80. The molecular formula is C23H24N2O3S2. The van der Waals surface area contributed by atoms with Crippen LogP contribution in [0.4, 0.5) is 5.69 Å². The van der Waals surface area contributed by atoms with Gasteiger partial charge in [-0.3, -0.25) is 9.52 Å². The molecular weight excluding hydrogens is 416 g/mol. The Morgan fingerprint density at radius 1 is 0.967 bits per heavy atom. The highest BCUT2D eigenvalue weighted by Gasteiger charge is 2.19. The van der Waals surface area contributed by atoms with Crippen molar-refractivity contribution in [2.24, 2.45) is 0 Å². The molecule has 0 aliphatic carbocycles. The fourth-order valence-corrected chi connectivity index (χ4v) is 4.90. The van der Waals surface area contributed by atoms with Crippen molar-refractivity contribution >= 4 is 33.4 Å². The maximum Gasteiger partial charge on any atom is 0.261 e. The van der Waals surface area contributed by atoms with Gasteiger partial charge in [-0.15, -0.1) is 0 Å². The summed E-state index contributed by atoms with van der Waals surface area (Å²) in [6.07, 6.45) is 0.806. The largest absolute Gasteiger partial charge is 0.352 e. The fourth-order valence-electron chi connectivity index (χ4n) is 2.81. The molecule has 0 aromatic heterocycles. The lowest BCUT2D eigenvalue weighted by Crippen LogP contribution is -2.25. The van der Waals surface area contributed by atoms with E-state index in [9.17, 15) is 13.2 Å². The number of benzene rings is 3. The first-order valence-corrected chi connectivity index (χ1v) is 11.9. The molecule has 0 aliphatic rings. The number of sulfonamides is 1. The van der Waals surface area contributed by atoms with E-state index in [1.165, 1.54) is 23.9 Å². The molecule has 0 saturated carbocycles. The van der Waals surface area contributed by atoms with Gasteiger partial charge in [-0.05, 0) is 55.3 Å². The average molecular weight is 441 g/mol. The number of para-hydroxylation sites is 1. The van der Waals surface area contributed by atoms with Crippen LogP contribution in [0.1, 0.15) is 29.3 Å². The third kappa shape index (κ3) is 5.43. The van der Waals surface area contributed by atoms with Gasteiger partial charge < -0.3 is 5.32 Å². The molecule has 0 fully saturated rings. The van der Waals surface area contributed by atoms with Crippen LogP contribution in [0.2, 0.25) is 0 Å². The van der Waals surface area contributed by atoms with Crippen LogP contribution in [0.3, 0.4) is 0 Å². The van der Waals surface area contributed by atoms with Crippen molar-refractivity contribution in [3.8, 4) is 0 Å². The predicted molar refractivity (Wildman–Crippen MR) is 122 cm³/mol. The second kappa shape index (κ2) is 9.82. The van der Waals surface area contributed by atoms with Crippen molar-refractivity contribution < 1.29 is 13.2 Å². The van der Waals surface area contributed by atoms with Gasteiger partial charge >= 0.3 is 0 Å². The standard InChI is InChI=1S/C23H24N2O3S2/c1-3-15-24-23(26)20-16-19(14-13-17(20)2)30(27,28)25-21-11-7-8-12-22(21)29-18-9-5-4-6-10-18/h4-14,16,25H,3,15H2,1-2H3,(H,24,26). The van der Waals surface area contributed by atoms with Gasteiger partial charge in [0.2, 0.25) is 0 Å². The first-order valence-electron chi connectivity index (χ1n) is 9.64. The molecule has 0 spiro atoms. The number of carbonyl (C=O) groups is 1. The Balaban J connectivity index is 1.88. The summed E-state index contributed by atoms with van der Waals surface area (Å²) in [5.74, 6) is -0.272. The zero-order valence-electron chi connectivity index (χ0n) is 16.9. The number of anilines is 1. The summed E-state index contributed by atoms with van der Waals surface area (Å²) in [6.45, 7) is 4.29. The minimum Gasteiger partial charge on any atom is -0.352 e. The quantitative estimate of drug-likeness (QED) is 0.512. The average Bonchev–Trinajstić information content (AvgIpc) is 2.74. The summed E-state index contributed by atoms with van der Waals surface area (Å²) in [4.78, 5) is 14.2. The normalized spacial score (nSPS) is 11.1. The molecule has 0 bridgehead atoms. The summed E-state index contributed by atoms with van der Waals surface area (Å²) in [7, 11) is -3.86. The highest BCUT2D eigenvalue weighted by molar-refractivity contribution is 7.99. The molecule has 5 nitrogen and oxygen atoms in total. The molecule has 0 radical (unpaired) electrons. The van der Waals surface area contributed by atoms with Crippen LogP contribution in [-0.2, 0) is 10.0 Å². The smallest absolute Gasteiger partial charge is 0.261 e. The van der Waals surface area contributed by atoms with Gasteiger partial charge in [0.1, 0.15) is 0 Å². The van der Waals surface area contributed by atoms with Gasteiger partial charge in [-0.2, -0.15) is 0 Å². The molecule has 1 amide bonds. The van der Waals surface area contributed by atoms with Crippen molar-refractivity contribution in [2.45, 2.75) is 35.0 Å². The van der Waals surface area contributed by atoms with E-state index >= 15 is 0 Å². The van der Waals surface area contributed by atoms with E-state index in [1.807, 2.05) is 49.4 Å². The molecule has 0 atom stereocenters. The number of amides is 1. The fraction of sp³-hybridized carbons (Fsp3) is 0.174. The zero-order valence-corrected chi connectivity index (χ0v) is 18.5. The Morgan fingerprint density at radius 3 is 2.40 bits per heavy atom. The molecule has 0 aliphatic heterocycles. The summed E-state index contributed by atoms with van der Waals surface area (Å²) in [6, 6.07) is 21.6. The van der Waals surface area contributed by atoms with Gasteiger partial charge in [-0.25, -0.2) is 8.42 Å². The third-order valence-corrected chi connectivity index (χ3v) is 6.85. The van der Waals surface area contributed by atoms with Crippen LogP contribution in [0.25, 0.3) is 0 Å². The van der Waals surface area contributed by atoms with Gasteiger partial charge in [0.05, 0.1) is 10.6 Å². The predicted octanol–water partition coefficient (Wildman–Crippen LogP) is 5.09. The number of nitrogens with one attached hydrogen (secondary N) is 2. The first kappa shape index (κ1) is 21.9. The Morgan fingerprint density at radius 2 is 1.67 bits per heavy atom. The van der Waals surface area contributed by atoms with Crippen LogP contribution in [0.15, 0.2) is 87.5 Å². The molecule has 30 heavy (non-hydrogen) atoms. The van der Waals surface area contributed by atoms with E-state index < -0.39 is 10.0 Å². The van der Waals surface area contributed by atoms with Crippen molar-refractivity contribution in [3.63, 3.8) is 0 Å². The van der Waals surface area contributed by atoms with Crippen molar-refractivity contribution in [1.82, 2.24) is 5.32 Å². The monoisotopic (exact) mass is 440 g/mol. The Labute approximate surface area is 182 Å². The summed E-state index contributed by atoms with van der Waals surface area (Å²) < 4.78 is 28.8. The van der Waals surface area contributed by atoms with E-state index in [0.29, 0.717) is 17.8 Å². The van der Waals surface area contributed by atoms with E-state index in [2.05, 4.69) is 10.0 Å². The Hall–Kier alpha value is -2.77. The van der Waals surface area contributed by atoms with Crippen LogP contribution < -0.4 is 10.0 Å². The van der Waals surface area contributed by atoms with Crippen molar-refractivity contribution in [1.29, 1.82) is 0 Å². The lowest BCUT2D eigenvalue weighted by molar-refractivity contribution is 0.0953. The van der Waals surface area contributed by atoms with Crippen molar-refractivity contribution in [3.05, 3.63) is 83.9 Å². The van der Waals surface area contributed by atoms with Crippen LogP contribution in [0.5, 0.6) is 0 Å². The molecule has 2 N–H and O–H groups in total. The number of hydrogen-bond acceptors (Lipinski definition) is 4. The lowest BCUT2D eigenvalue weighted by atomic mass is 10.1. The molecule has 0 saturated heterocycles. The van der Waals surface area contributed by atoms with Gasteiger partial charge in [0.25, 0.3) is 15.9 Å². The topological polar surface area (TPSA) is 75.3 Å². The van der Waals surface area contributed by atoms with E-state index in [1.54, 1.807) is 25.1 Å². The van der Waals surface area contributed by atoms with E-state index in [0.717, 1.165) is 21.8 Å². The van der Waals surface area contributed by atoms with E-state index in [4.69, 9.17) is 0 Å². The van der Waals surface area contributed by atoms with Gasteiger partial charge in [0, 0.05) is 21.9 Å². The second-order valence-electron chi connectivity index (χ2n) is 6.75. The molecule has 7 heteroatoms. The summed E-state index contributed by atoms with van der Waals surface area (Å²) >= 11 is 1.48. The Bertz CT molecular complexity index is 1130. The number of aryl methyl sites for hydroxylation is 1.